The first kappa shape index (κ1) is 13.0. The zero-order chi connectivity index (χ0) is 12.0. The summed E-state index contributed by atoms with van der Waals surface area (Å²) in [5.41, 5.74) is 0. The van der Waals surface area contributed by atoms with Gasteiger partial charge in [0, 0.05) is 0 Å². The van der Waals surface area contributed by atoms with Gasteiger partial charge >= 0.3 is 11.9 Å². The van der Waals surface area contributed by atoms with Gasteiger partial charge in [0.2, 0.25) is 0 Å². The van der Waals surface area contributed by atoms with Gasteiger partial charge < -0.3 is 9.84 Å². The SMILES string of the molecule is CCCCOC(=O)[C@H]1CC[C@H](C(=O)O)CC1. The molecule has 1 rings (SSSR count). The second kappa shape index (κ2) is 6.51. The summed E-state index contributed by atoms with van der Waals surface area (Å²) >= 11 is 0. The van der Waals surface area contributed by atoms with E-state index in [1.807, 2.05) is 6.92 Å². The van der Waals surface area contributed by atoms with Crippen LogP contribution < -0.4 is 0 Å². The largest absolute Gasteiger partial charge is 0.481 e. The van der Waals surface area contributed by atoms with E-state index in [9.17, 15) is 9.59 Å². The first-order chi connectivity index (χ1) is 7.65. The highest BCUT2D eigenvalue weighted by atomic mass is 16.5. The summed E-state index contributed by atoms with van der Waals surface area (Å²) in [5.74, 6) is -1.22. The van der Waals surface area contributed by atoms with Crippen LogP contribution in [0, 0.1) is 11.8 Å². The van der Waals surface area contributed by atoms with E-state index in [2.05, 4.69) is 0 Å². The second-order valence-electron chi connectivity index (χ2n) is 4.41. The highest BCUT2D eigenvalue weighted by Gasteiger charge is 2.30. The molecule has 1 aliphatic rings. The van der Waals surface area contributed by atoms with Crippen molar-refractivity contribution in [2.24, 2.45) is 11.8 Å². The summed E-state index contributed by atoms with van der Waals surface area (Å²) in [5, 5.41) is 8.82. The minimum absolute atomic E-state index is 0.0764. The zero-order valence-corrected chi connectivity index (χ0v) is 9.78. The average Bonchev–Trinajstić information content (AvgIpc) is 2.29. The summed E-state index contributed by atoms with van der Waals surface area (Å²) in [4.78, 5) is 22.3. The maximum atomic E-state index is 11.6. The minimum atomic E-state index is -0.738. The molecule has 0 spiro atoms. The summed E-state index contributed by atoms with van der Waals surface area (Å²) in [6, 6.07) is 0. The normalized spacial score (nSPS) is 25.1. The molecule has 0 unspecified atom stereocenters. The van der Waals surface area contributed by atoms with Gasteiger partial charge in [0.15, 0.2) is 0 Å². The molecule has 0 aliphatic heterocycles. The highest BCUT2D eigenvalue weighted by molar-refractivity contribution is 5.74. The molecule has 0 bridgehead atoms. The number of carbonyl (C=O) groups excluding carboxylic acids is 1. The molecule has 0 atom stereocenters. The molecule has 1 fully saturated rings. The molecular weight excluding hydrogens is 208 g/mol. The van der Waals surface area contributed by atoms with Gasteiger partial charge in [-0.1, -0.05) is 13.3 Å². The Balaban J connectivity index is 2.25. The Bertz CT molecular complexity index is 241. The van der Waals surface area contributed by atoms with E-state index in [0.29, 0.717) is 32.3 Å². The van der Waals surface area contributed by atoms with Crippen LogP contribution in [0.15, 0.2) is 0 Å². The van der Waals surface area contributed by atoms with Crippen molar-refractivity contribution in [1.29, 1.82) is 0 Å². The van der Waals surface area contributed by atoms with Crippen molar-refractivity contribution in [3.8, 4) is 0 Å². The Morgan fingerprint density at radius 2 is 1.75 bits per heavy atom. The van der Waals surface area contributed by atoms with E-state index in [-0.39, 0.29) is 17.8 Å². The van der Waals surface area contributed by atoms with E-state index in [1.54, 1.807) is 0 Å². The number of hydrogen-bond acceptors (Lipinski definition) is 3. The summed E-state index contributed by atoms with van der Waals surface area (Å²) < 4.78 is 5.13. The number of esters is 1. The number of ether oxygens (including phenoxy) is 1. The van der Waals surface area contributed by atoms with Crippen molar-refractivity contribution < 1.29 is 19.4 Å². The average molecular weight is 228 g/mol. The summed E-state index contributed by atoms with van der Waals surface area (Å²) in [6.07, 6.45) is 4.42. The molecule has 4 nitrogen and oxygen atoms in total. The van der Waals surface area contributed by atoms with E-state index < -0.39 is 5.97 Å². The third-order valence-electron chi connectivity index (χ3n) is 3.15. The van der Waals surface area contributed by atoms with Crippen molar-refractivity contribution in [3.63, 3.8) is 0 Å². The number of rotatable bonds is 5. The molecule has 1 N–H and O–H groups in total. The lowest BCUT2D eigenvalue weighted by Crippen LogP contribution is -2.27. The molecule has 0 aromatic rings. The van der Waals surface area contributed by atoms with Gasteiger partial charge in [-0.05, 0) is 32.1 Å². The van der Waals surface area contributed by atoms with E-state index in [4.69, 9.17) is 9.84 Å². The first-order valence-electron chi connectivity index (χ1n) is 6.04. The monoisotopic (exact) mass is 228 g/mol. The highest BCUT2D eigenvalue weighted by Crippen LogP contribution is 2.29. The second-order valence-corrected chi connectivity index (χ2v) is 4.41. The van der Waals surface area contributed by atoms with Crippen LogP contribution >= 0.6 is 0 Å². The van der Waals surface area contributed by atoms with Crippen LogP contribution in [0.4, 0.5) is 0 Å². The molecule has 0 heterocycles. The van der Waals surface area contributed by atoms with Crippen molar-refractivity contribution in [2.75, 3.05) is 6.61 Å². The minimum Gasteiger partial charge on any atom is -0.481 e. The third kappa shape index (κ3) is 3.83. The van der Waals surface area contributed by atoms with Crippen molar-refractivity contribution >= 4 is 11.9 Å². The molecule has 4 heteroatoms. The Morgan fingerprint density at radius 3 is 2.25 bits per heavy atom. The Kier molecular flexibility index (Phi) is 5.29. The molecule has 92 valence electrons. The predicted molar refractivity (Wildman–Crippen MR) is 59.0 cm³/mol. The van der Waals surface area contributed by atoms with Crippen LogP contribution in [0.2, 0.25) is 0 Å². The quantitative estimate of drug-likeness (QED) is 0.579. The number of hydrogen-bond donors (Lipinski definition) is 1. The van der Waals surface area contributed by atoms with Gasteiger partial charge in [0.25, 0.3) is 0 Å². The number of unbranched alkanes of at least 4 members (excludes halogenated alkanes) is 1. The fourth-order valence-corrected chi connectivity index (χ4v) is 2.01. The maximum Gasteiger partial charge on any atom is 0.308 e. The van der Waals surface area contributed by atoms with Crippen LogP contribution in [0.3, 0.4) is 0 Å². The smallest absolute Gasteiger partial charge is 0.308 e. The van der Waals surface area contributed by atoms with Gasteiger partial charge in [0.05, 0.1) is 18.4 Å². The summed E-state index contributed by atoms with van der Waals surface area (Å²) in [7, 11) is 0. The van der Waals surface area contributed by atoms with Crippen LogP contribution in [-0.4, -0.2) is 23.7 Å². The molecule has 1 saturated carbocycles. The molecule has 1 aliphatic carbocycles. The van der Waals surface area contributed by atoms with Gasteiger partial charge in [-0.2, -0.15) is 0 Å². The molecule has 16 heavy (non-hydrogen) atoms. The number of carbonyl (C=O) groups is 2. The van der Waals surface area contributed by atoms with Crippen molar-refractivity contribution in [2.45, 2.75) is 45.4 Å². The number of carboxylic acids is 1. The standard InChI is InChI=1S/C12H20O4/c1-2-3-8-16-12(15)10-6-4-9(5-7-10)11(13)14/h9-10H,2-8H2,1H3,(H,13,14)/t9-,10-. The number of aliphatic carboxylic acids is 1. The Morgan fingerprint density at radius 1 is 1.19 bits per heavy atom. The van der Waals surface area contributed by atoms with Crippen LogP contribution in [0.25, 0.3) is 0 Å². The van der Waals surface area contributed by atoms with E-state index in [0.717, 1.165) is 12.8 Å². The molecule has 0 amide bonds. The van der Waals surface area contributed by atoms with Gasteiger partial charge in [0.1, 0.15) is 0 Å². The lowest BCUT2D eigenvalue weighted by atomic mass is 9.82. The van der Waals surface area contributed by atoms with Gasteiger partial charge in [-0.25, -0.2) is 0 Å². The first-order valence-corrected chi connectivity index (χ1v) is 6.04. The lowest BCUT2D eigenvalue weighted by Gasteiger charge is -2.24. The molecule has 0 saturated heterocycles. The van der Waals surface area contributed by atoms with Crippen molar-refractivity contribution in [3.05, 3.63) is 0 Å². The molecular formula is C12H20O4. The van der Waals surface area contributed by atoms with Crippen LogP contribution in [0.1, 0.15) is 45.4 Å². The molecule has 0 radical (unpaired) electrons. The van der Waals surface area contributed by atoms with Gasteiger partial charge in [-0.15, -0.1) is 0 Å². The zero-order valence-electron chi connectivity index (χ0n) is 9.78. The Labute approximate surface area is 96.0 Å². The third-order valence-corrected chi connectivity index (χ3v) is 3.15. The van der Waals surface area contributed by atoms with E-state index in [1.165, 1.54) is 0 Å². The fourth-order valence-electron chi connectivity index (χ4n) is 2.01. The van der Waals surface area contributed by atoms with Crippen LogP contribution in [-0.2, 0) is 14.3 Å². The van der Waals surface area contributed by atoms with E-state index >= 15 is 0 Å². The lowest BCUT2D eigenvalue weighted by molar-refractivity contribution is -0.152. The summed E-state index contributed by atoms with van der Waals surface area (Å²) in [6.45, 7) is 2.54. The van der Waals surface area contributed by atoms with Crippen molar-refractivity contribution in [1.82, 2.24) is 0 Å². The molecule has 0 aromatic carbocycles. The maximum absolute atomic E-state index is 11.6. The van der Waals surface area contributed by atoms with Gasteiger partial charge in [-0.3, -0.25) is 9.59 Å². The van der Waals surface area contributed by atoms with Crippen LogP contribution in [0.5, 0.6) is 0 Å². The Hall–Kier alpha value is -1.06. The number of carboxylic acid groups (broad SMARTS) is 1. The fraction of sp³-hybridized carbons (Fsp3) is 0.833. The topological polar surface area (TPSA) is 63.6 Å². The molecule has 0 aromatic heterocycles. The predicted octanol–water partition coefficient (Wildman–Crippen LogP) is 2.22.